The van der Waals surface area contributed by atoms with Crippen LogP contribution >= 0.6 is 12.4 Å². The van der Waals surface area contributed by atoms with E-state index in [1.807, 2.05) is 4.90 Å². The zero-order valence-electron chi connectivity index (χ0n) is 15.6. The van der Waals surface area contributed by atoms with E-state index < -0.39 is 15.3 Å². The molecule has 3 fully saturated rings. The summed E-state index contributed by atoms with van der Waals surface area (Å²) in [6, 6.07) is 0. The average Bonchev–Trinajstić information content (AvgIpc) is 3.17. The van der Waals surface area contributed by atoms with Crippen molar-refractivity contribution in [1.82, 2.24) is 14.9 Å². The van der Waals surface area contributed by atoms with Crippen LogP contribution < -0.4 is 10.0 Å². The number of halogens is 1. The number of hydrogen-bond acceptors (Lipinski definition) is 4. The van der Waals surface area contributed by atoms with Gasteiger partial charge in [-0.25, -0.2) is 13.1 Å². The highest BCUT2D eigenvalue weighted by Crippen LogP contribution is 2.28. The monoisotopic (exact) mass is 407 g/mol. The van der Waals surface area contributed by atoms with E-state index in [-0.39, 0.29) is 24.2 Å². The van der Waals surface area contributed by atoms with Crippen LogP contribution in [0.3, 0.4) is 0 Å². The third kappa shape index (κ3) is 5.81. The largest absolute Gasteiger partial charge is 0.341 e. The van der Waals surface area contributed by atoms with Crippen LogP contribution in [0.15, 0.2) is 0 Å². The summed E-state index contributed by atoms with van der Waals surface area (Å²) in [5, 5.41) is 2.92. The topological polar surface area (TPSA) is 78.5 Å². The Kier molecular flexibility index (Phi) is 8.64. The Morgan fingerprint density at radius 2 is 1.85 bits per heavy atom. The smallest absolute Gasteiger partial charge is 0.225 e. The molecule has 0 radical (unpaired) electrons. The van der Waals surface area contributed by atoms with Crippen molar-refractivity contribution >= 4 is 28.3 Å². The van der Waals surface area contributed by atoms with Crippen molar-refractivity contribution in [2.24, 2.45) is 11.8 Å². The first-order chi connectivity index (χ1) is 12.1. The summed E-state index contributed by atoms with van der Waals surface area (Å²) in [7, 11) is -3.34. The molecule has 0 spiro atoms. The maximum absolute atomic E-state index is 12.7. The van der Waals surface area contributed by atoms with E-state index in [1.54, 1.807) is 0 Å². The Morgan fingerprint density at radius 3 is 2.54 bits per heavy atom. The van der Waals surface area contributed by atoms with Crippen molar-refractivity contribution in [1.29, 1.82) is 0 Å². The molecule has 2 unspecified atom stereocenters. The molecular weight excluding hydrogens is 374 g/mol. The lowest BCUT2D eigenvalue weighted by molar-refractivity contribution is -0.136. The van der Waals surface area contributed by atoms with E-state index in [2.05, 4.69) is 10.0 Å². The number of hydrogen-bond donors (Lipinski definition) is 2. The lowest BCUT2D eigenvalue weighted by Crippen LogP contribution is -2.49. The number of rotatable bonds is 6. The molecule has 0 aromatic heterocycles. The Morgan fingerprint density at radius 1 is 1.08 bits per heavy atom. The summed E-state index contributed by atoms with van der Waals surface area (Å²) in [5.41, 5.74) is 0. The van der Waals surface area contributed by atoms with E-state index in [9.17, 15) is 13.2 Å². The number of piperidine rings is 2. The third-order valence-electron chi connectivity index (χ3n) is 6.09. The molecule has 26 heavy (non-hydrogen) atoms. The normalized spacial score (nSPS) is 27.9. The molecular formula is C18H34ClN3O3S. The molecule has 2 saturated heterocycles. The summed E-state index contributed by atoms with van der Waals surface area (Å²) in [5.74, 6) is 0.891. The number of likely N-dealkylation sites (tertiary alicyclic amines) is 1. The number of amides is 1. The van der Waals surface area contributed by atoms with E-state index in [1.165, 1.54) is 12.8 Å². The van der Waals surface area contributed by atoms with Gasteiger partial charge in [0.2, 0.25) is 15.9 Å². The second-order valence-corrected chi connectivity index (χ2v) is 10.0. The number of nitrogens with zero attached hydrogens (tertiary/aromatic N) is 1. The molecule has 1 saturated carbocycles. The minimum atomic E-state index is -3.34. The Bertz CT molecular complexity index is 546. The second-order valence-electron chi connectivity index (χ2n) is 7.97. The lowest BCUT2D eigenvalue weighted by Gasteiger charge is -2.34. The maximum Gasteiger partial charge on any atom is 0.225 e. The van der Waals surface area contributed by atoms with Gasteiger partial charge < -0.3 is 10.2 Å². The van der Waals surface area contributed by atoms with Crippen molar-refractivity contribution in [2.45, 2.75) is 63.0 Å². The van der Waals surface area contributed by atoms with Crippen LogP contribution in [0.25, 0.3) is 0 Å². The molecule has 0 bridgehead atoms. The van der Waals surface area contributed by atoms with Crippen LogP contribution in [0.2, 0.25) is 0 Å². The zero-order chi connectivity index (χ0) is 17.7. The number of carbonyl (C=O) groups is 1. The molecule has 2 N–H and O–H groups in total. The highest BCUT2D eigenvalue weighted by atomic mass is 35.5. The fourth-order valence-corrected chi connectivity index (χ4v) is 6.01. The Hall–Kier alpha value is -0.370. The van der Waals surface area contributed by atoms with Gasteiger partial charge in [0.05, 0.1) is 5.25 Å². The molecule has 3 aliphatic rings. The van der Waals surface area contributed by atoms with Gasteiger partial charge in [-0.05, 0) is 64.0 Å². The van der Waals surface area contributed by atoms with Crippen LogP contribution in [-0.4, -0.2) is 57.2 Å². The highest BCUT2D eigenvalue weighted by Gasteiger charge is 2.35. The van der Waals surface area contributed by atoms with E-state index in [0.29, 0.717) is 25.4 Å². The molecule has 0 aromatic rings. The van der Waals surface area contributed by atoms with Gasteiger partial charge in [-0.15, -0.1) is 12.4 Å². The number of sulfonamides is 1. The summed E-state index contributed by atoms with van der Waals surface area (Å²) >= 11 is 0. The van der Waals surface area contributed by atoms with Gasteiger partial charge in [0.15, 0.2) is 0 Å². The van der Waals surface area contributed by atoms with E-state index >= 15 is 0 Å². The van der Waals surface area contributed by atoms with Gasteiger partial charge >= 0.3 is 0 Å². The van der Waals surface area contributed by atoms with Crippen molar-refractivity contribution in [3.63, 3.8) is 0 Å². The van der Waals surface area contributed by atoms with Crippen molar-refractivity contribution in [3.8, 4) is 0 Å². The van der Waals surface area contributed by atoms with Crippen LogP contribution in [0.4, 0.5) is 0 Å². The molecule has 8 heteroatoms. The van der Waals surface area contributed by atoms with Gasteiger partial charge in [0.1, 0.15) is 0 Å². The van der Waals surface area contributed by atoms with Gasteiger partial charge in [-0.2, -0.15) is 0 Å². The van der Waals surface area contributed by atoms with Gasteiger partial charge in [0.25, 0.3) is 0 Å². The van der Waals surface area contributed by atoms with Crippen LogP contribution in [0.1, 0.15) is 57.8 Å². The predicted octanol–water partition coefficient (Wildman–Crippen LogP) is 1.90. The Balaban J connectivity index is 0.00000243. The summed E-state index contributed by atoms with van der Waals surface area (Å²) < 4.78 is 28.1. The van der Waals surface area contributed by atoms with E-state index in [0.717, 1.165) is 58.2 Å². The van der Waals surface area contributed by atoms with Crippen molar-refractivity contribution in [3.05, 3.63) is 0 Å². The lowest BCUT2D eigenvalue weighted by atomic mass is 9.96. The third-order valence-corrected chi connectivity index (χ3v) is 7.96. The number of nitrogens with one attached hydrogen (secondary N) is 2. The highest BCUT2D eigenvalue weighted by molar-refractivity contribution is 7.90. The van der Waals surface area contributed by atoms with Gasteiger partial charge in [-0.3, -0.25) is 4.79 Å². The fraction of sp³-hybridized carbons (Fsp3) is 0.944. The van der Waals surface area contributed by atoms with Gasteiger partial charge in [0, 0.05) is 25.6 Å². The summed E-state index contributed by atoms with van der Waals surface area (Å²) in [4.78, 5) is 14.4. The quantitative estimate of drug-likeness (QED) is 0.704. The number of carbonyl (C=O) groups excluding carboxylic acids is 1. The SMILES string of the molecule is Cl.O=C(C1CCCC1)N1CCCC(S(=O)(=O)NCCC2CCCNC2)C1. The van der Waals surface area contributed by atoms with Gasteiger partial charge in [-0.1, -0.05) is 12.8 Å². The molecule has 6 nitrogen and oxygen atoms in total. The molecule has 152 valence electrons. The molecule has 2 atom stereocenters. The van der Waals surface area contributed by atoms with Crippen LogP contribution in [0.5, 0.6) is 0 Å². The molecule has 1 aliphatic carbocycles. The molecule has 2 aliphatic heterocycles. The standard InChI is InChI=1S/C18H33N3O3S.ClH/c22-18(16-6-1-2-7-16)21-12-4-8-17(14-21)25(23,24)20-11-9-15-5-3-10-19-13-15;/h15-17,19-20H,1-14H2;1H. The van der Waals surface area contributed by atoms with Crippen LogP contribution in [-0.2, 0) is 14.8 Å². The minimum Gasteiger partial charge on any atom is -0.341 e. The maximum atomic E-state index is 12.7. The average molecular weight is 408 g/mol. The van der Waals surface area contributed by atoms with Crippen molar-refractivity contribution < 1.29 is 13.2 Å². The summed E-state index contributed by atoms with van der Waals surface area (Å²) in [6.07, 6.45) is 8.91. The molecule has 2 heterocycles. The van der Waals surface area contributed by atoms with E-state index in [4.69, 9.17) is 0 Å². The summed E-state index contributed by atoms with van der Waals surface area (Å²) in [6.45, 7) is 3.68. The van der Waals surface area contributed by atoms with Crippen molar-refractivity contribution in [2.75, 3.05) is 32.7 Å². The Labute approximate surface area is 164 Å². The molecule has 1 amide bonds. The minimum absolute atomic E-state index is 0. The fourth-order valence-electron chi connectivity index (χ4n) is 4.52. The van der Waals surface area contributed by atoms with Crippen LogP contribution in [0, 0.1) is 11.8 Å². The predicted molar refractivity (Wildman–Crippen MR) is 106 cm³/mol. The first kappa shape index (κ1) is 21.9. The molecule has 3 rings (SSSR count). The first-order valence-electron chi connectivity index (χ1n) is 10.0. The molecule has 0 aromatic carbocycles. The zero-order valence-corrected chi connectivity index (χ0v) is 17.3. The second kappa shape index (κ2) is 10.2. The first-order valence-corrected chi connectivity index (χ1v) is 11.6.